The van der Waals surface area contributed by atoms with Crippen molar-refractivity contribution in [2.45, 2.75) is 18.8 Å². The molecule has 3 aromatic rings. The van der Waals surface area contributed by atoms with Gasteiger partial charge in [0.15, 0.2) is 0 Å². The molecule has 0 saturated heterocycles. The van der Waals surface area contributed by atoms with Crippen LogP contribution in [0.3, 0.4) is 0 Å². The largest absolute Gasteiger partial charge is 0.300 e. The Kier molecular flexibility index (Phi) is 1.80. The molecular weight excluding hydrogens is 232 g/mol. The Bertz CT molecular complexity index is 725. The highest BCUT2D eigenvalue weighted by Crippen LogP contribution is 2.40. The lowest BCUT2D eigenvalue weighted by atomic mass is 10.1. The van der Waals surface area contributed by atoms with E-state index in [0.29, 0.717) is 0 Å². The Balaban J connectivity index is 2.06. The second-order valence-corrected chi connectivity index (χ2v) is 5.14. The maximum atomic E-state index is 5.98. The van der Waals surface area contributed by atoms with E-state index in [4.69, 9.17) is 11.6 Å². The molecule has 4 rings (SSSR count). The maximum Gasteiger partial charge on any atom is 0.139 e. The summed E-state index contributed by atoms with van der Waals surface area (Å²) in [4.78, 5) is 4.58. The molecule has 0 atom stereocenters. The summed E-state index contributed by atoms with van der Waals surface area (Å²) in [5, 5.41) is 0.732. The summed E-state index contributed by atoms with van der Waals surface area (Å²) in [5.74, 6) is 0.775. The smallest absolute Gasteiger partial charge is 0.139 e. The lowest BCUT2D eigenvalue weighted by Gasteiger charge is -1.99. The van der Waals surface area contributed by atoms with Crippen molar-refractivity contribution in [1.29, 1.82) is 0 Å². The van der Waals surface area contributed by atoms with E-state index in [2.05, 4.69) is 27.6 Å². The van der Waals surface area contributed by atoms with E-state index in [0.717, 1.165) is 22.1 Å². The van der Waals surface area contributed by atoms with Crippen molar-refractivity contribution in [2.24, 2.45) is 0 Å². The van der Waals surface area contributed by atoms with Crippen LogP contribution in [0.15, 0.2) is 36.5 Å². The van der Waals surface area contributed by atoms with Gasteiger partial charge in [0.05, 0.1) is 11.0 Å². The average Bonchev–Trinajstić information content (AvgIpc) is 3.10. The van der Waals surface area contributed by atoms with Crippen LogP contribution in [0.5, 0.6) is 0 Å². The van der Waals surface area contributed by atoms with Crippen LogP contribution < -0.4 is 0 Å². The van der Waals surface area contributed by atoms with E-state index in [1.807, 2.05) is 18.3 Å². The SMILES string of the molecule is Clc1ccn2c(c1)nc1ccc(C3CC3)cc12. The lowest BCUT2D eigenvalue weighted by molar-refractivity contribution is 1.13. The minimum absolute atomic E-state index is 0.732. The molecule has 84 valence electrons. The molecule has 2 nitrogen and oxygen atoms in total. The molecule has 0 unspecified atom stereocenters. The number of hydrogen-bond acceptors (Lipinski definition) is 1. The number of fused-ring (bicyclic) bond motifs is 3. The molecule has 1 saturated carbocycles. The zero-order valence-electron chi connectivity index (χ0n) is 9.23. The minimum Gasteiger partial charge on any atom is -0.300 e. The number of aromatic nitrogens is 2. The van der Waals surface area contributed by atoms with Gasteiger partial charge < -0.3 is 0 Å². The summed E-state index contributed by atoms with van der Waals surface area (Å²) >= 11 is 5.98. The van der Waals surface area contributed by atoms with E-state index < -0.39 is 0 Å². The lowest BCUT2D eigenvalue weighted by Crippen LogP contribution is -1.84. The van der Waals surface area contributed by atoms with Crippen molar-refractivity contribution in [3.63, 3.8) is 0 Å². The summed E-state index contributed by atoms with van der Waals surface area (Å²) in [6.07, 6.45) is 4.64. The number of benzene rings is 1. The van der Waals surface area contributed by atoms with E-state index in [1.54, 1.807) is 0 Å². The number of pyridine rings is 1. The van der Waals surface area contributed by atoms with Crippen molar-refractivity contribution in [3.8, 4) is 0 Å². The number of halogens is 1. The molecule has 2 aromatic heterocycles. The van der Waals surface area contributed by atoms with Crippen LogP contribution in [0.2, 0.25) is 5.02 Å². The molecule has 0 radical (unpaired) electrons. The van der Waals surface area contributed by atoms with E-state index in [9.17, 15) is 0 Å². The molecule has 0 N–H and O–H groups in total. The molecule has 2 heterocycles. The summed E-state index contributed by atoms with van der Waals surface area (Å²) in [7, 11) is 0. The van der Waals surface area contributed by atoms with Gasteiger partial charge in [-0.2, -0.15) is 0 Å². The van der Waals surface area contributed by atoms with Gasteiger partial charge >= 0.3 is 0 Å². The fraction of sp³-hybridized carbons (Fsp3) is 0.214. The molecule has 0 bridgehead atoms. The van der Waals surface area contributed by atoms with Crippen LogP contribution in [-0.2, 0) is 0 Å². The summed E-state index contributed by atoms with van der Waals surface area (Å²) in [6.45, 7) is 0. The monoisotopic (exact) mass is 242 g/mol. The van der Waals surface area contributed by atoms with Crippen LogP contribution in [0.1, 0.15) is 24.3 Å². The third-order valence-electron chi connectivity index (χ3n) is 3.44. The number of imidazole rings is 1. The average molecular weight is 243 g/mol. The van der Waals surface area contributed by atoms with Crippen molar-refractivity contribution >= 4 is 28.3 Å². The highest BCUT2D eigenvalue weighted by atomic mass is 35.5. The van der Waals surface area contributed by atoms with Crippen molar-refractivity contribution in [1.82, 2.24) is 9.38 Å². The van der Waals surface area contributed by atoms with Gasteiger partial charge in [-0.05, 0) is 42.5 Å². The second kappa shape index (κ2) is 3.23. The highest BCUT2D eigenvalue weighted by Gasteiger charge is 2.23. The quantitative estimate of drug-likeness (QED) is 0.630. The van der Waals surface area contributed by atoms with Gasteiger partial charge in [0, 0.05) is 17.3 Å². The zero-order chi connectivity index (χ0) is 11.4. The van der Waals surface area contributed by atoms with Crippen molar-refractivity contribution in [2.75, 3.05) is 0 Å². The van der Waals surface area contributed by atoms with Crippen LogP contribution in [0.4, 0.5) is 0 Å². The van der Waals surface area contributed by atoms with Crippen molar-refractivity contribution in [3.05, 3.63) is 47.1 Å². The first-order valence-electron chi connectivity index (χ1n) is 5.88. The third kappa shape index (κ3) is 1.44. The fourth-order valence-corrected chi connectivity index (χ4v) is 2.53. The second-order valence-electron chi connectivity index (χ2n) is 4.71. The molecule has 17 heavy (non-hydrogen) atoms. The molecule has 0 amide bonds. The Morgan fingerprint density at radius 3 is 2.88 bits per heavy atom. The van der Waals surface area contributed by atoms with Crippen LogP contribution >= 0.6 is 11.6 Å². The van der Waals surface area contributed by atoms with Crippen LogP contribution in [0.25, 0.3) is 16.7 Å². The summed E-state index contributed by atoms with van der Waals surface area (Å²) in [6, 6.07) is 10.4. The third-order valence-corrected chi connectivity index (χ3v) is 3.67. The molecule has 0 spiro atoms. The predicted molar refractivity (Wildman–Crippen MR) is 69.7 cm³/mol. The Morgan fingerprint density at radius 2 is 2.06 bits per heavy atom. The van der Waals surface area contributed by atoms with Crippen LogP contribution in [0, 0.1) is 0 Å². The maximum absolute atomic E-state index is 5.98. The van der Waals surface area contributed by atoms with E-state index in [1.165, 1.54) is 23.9 Å². The summed E-state index contributed by atoms with van der Waals surface area (Å²) in [5.41, 5.74) is 4.58. The van der Waals surface area contributed by atoms with Crippen LogP contribution in [-0.4, -0.2) is 9.38 Å². The van der Waals surface area contributed by atoms with Gasteiger partial charge in [-0.3, -0.25) is 4.40 Å². The van der Waals surface area contributed by atoms with Gasteiger partial charge in [0.1, 0.15) is 5.65 Å². The molecule has 1 fully saturated rings. The minimum atomic E-state index is 0.732. The Morgan fingerprint density at radius 1 is 1.18 bits per heavy atom. The first-order valence-corrected chi connectivity index (χ1v) is 6.26. The van der Waals surface area contributed by atoms with Crippen molar-refractivity contribution < 1.29 is 0 Å². The summed E-state index contributed by atoms with van der Waals surface area (Å²) < 4.78 is 2.10. The van der Waals surface area contributed by atoms with E-state index in [-0.39, 0.29) is 0 Å². The van der Waals surface area contributed by atoms with Gasteiger partial charge in [-0.15, -0.1) is 0 Å². The van der Waals surface area contributed by atoms with E-state index >= 15 is 0 Å². The molecule has 0 aliphatic heterocycles. The molecule has 3 heteroatoms. The number of nitrogens with zero attached hydrogens (tertiary/aromatic N) is 2. The zero-order valence-corrected chi connectivity index (χ0v) is 9.98. The normalized spacial score (nSPS) is 15.8. The first kappa shape index (κ1) is 9.49. The fourth-order valence-electron chi connectivity index (χ4n) is 2.37. The van der Waals surface area contributed by atoms with Gasteiger partial charge in [-0.25, -0.2) is 4.98 Å². The molecule has 1 aromatic carbocycles. The predicted octanol–water partition coefficient (Wildman–Crippen LogP) is 4.02. The first-order chi connectivity index (χ1) is 8.31. The van der Waals surface area contributed by atoms with Gasteiger partial charge in [0.2, 0.25) is 0 Å². The molecule has 1 aliphatic rings. The number of hydrogen-bond donors (Lipinski definition) is 0. The van der Waals surface area contributed by atoms with Gasteiger partial charge in [-0.1, -0.05) is 17.7 Å². The molecule has 1 aliphatic carbocycles. The van der Waals surface area contributed by atoms with Gasteiger partial charge in [0.25, 0.3) is 0 Å². The molecular formula is C14H11ClN2. The topological polar surface area (TPSA) is 17.3 Å². The number of rotatable bonds is 1. The Hall–Kier alpha value is -1.54. The standard InChI is InChI=1S/C14H11ClN2/c15-11-5-6-17-13-7-10(9-1-2-9)3-4-12(13)16-14(17)8-11/h3-9H,1-2H2. The Labute approximate surface area is 104 Å². The highest BCUT2D eigenvalue weighted by molar-refractivity contribution is 6.30.